The number of rotatable bonds is 10. The number of likely N-dealkylation sites (N-methyl/N-ethyl adjacent to an activating group) is 1. The molecule has 1 fully saturated rings. The van der Waals surface area contributed by atoms with Crippen LogP contribution in [0.25, 0.3) is 22.2 Å². The van der Waals surface area contributed by atoms with E-state index in [0.29, 0.717) is 25.0 Å². The van der Waals surface area contributed by atoms with Crippen LogP contribution in [-0.2, 0) is 11.3 Å². The second-order valence-electron chi connectivity index (χ2n) is 12.1. The highest BCUT2D eigenvalue weighted by Crippen LogP contribution is 2.26. The number of para-hydroxylation sites is 1. The lowest BCUT2D eigenvalue weighted by molar-refractivity contribution is -0.111. The van der Waals surface area contributed by atoms with Gasteiger partial charge in [-0.3, -0.25) is 4.79 Å². The maximum Gasteiger partial charge on any atom is 0.248 e. The maximum atomic E-state index is 12.4. The van der Waals surface area contributed by atoms with Crippen LogP contribution >= 0.6 is 0 Å². The van der Waals surface area contributed by atoms with E-state index in [9.17, 15) is 4.79 Å². The van der Waals surface area contributed by atoms with Crippen LogP contribution in [0.1, 0.15) is 43.7 Å². The molecule has 0 atom stereocenters. The van der Waals surface area contributed by atoms with E-state index in [2.05, 4.69) is 40.5 Å². The highest BCUT2D eigenvalue weighted by molar-refractivity contribution is 6.00. The molecular formula is C33H41N11O. The van der Waals surface area contributed by atoms with Crippen molar-refractivity contribution in [3.8, 4) is 5.69 Å². The highest BCUT2D eigenvalue weighted by Gasteiger charge is 2.22. The topological polar surface area (TPSA) is 135 Å². The van der Waals surface area contributed by atoms with Crippen molar-refractivity contribution in [2.75, 3.05) is 49.3 Å². The van der Waals surface area contributed by atoms with Gasteiger partial charge in [0.25, 0.3) is 0 Å². The number of hydrogen-bond donors (Lipinski definition) is 3. The average Bonchev–Trinajstić information content (AvgIpc) is 3.64. The standard InChI is InChI=1S/C33H41N11O/c1-22(2)27-20-36-44-31(27)38-33(42-16-13-25(34)14-17-42)39-32(44)35-19-23-8-5-6-9-29(23)43-21-24-18-26(11-12-28(24)40-43)37-30(45)10-7-15-41(3)4/h5-12,18,20-22,25H,13-17,19,34H2,1-4H3,(H,37,45)(H,35,38,39)/b10-7+. The van der Waals surface area contributed by atoms with Crippen molar-refractivity contribution in [2.45, 2.75) is 45.2 Å². The fraction of sp³-hybridized carbons (Fsp3) is 0.364. The van der Waals surface area contributed by atoms with Crippen molar-refractivity contribution in [1.82, 2.24) is 34.3 Å². The summed E-state index contributed by atoms with van der Waals surface area (Å²) in [4.78, 5) is 26.5. The van der Waals surface area contributed by atoms with E-state index in [1.54, 1.807) is 10.6 Å². The number of benzene rings is 2. The van der Waals surface area contributed by atoms with Crippen LogP contribution < -0.4 is 21.3 Å². The van der Waals surface area contributed by atoms with E-state index < -0.39 is 0 Å². The molecule has 0 saturated carbocycles. The third-order valence-electron chi connectivity index (χ3n) is 8.02. The molecule has 0 spiro atoms. The van der Waals surface area contributed by atoms with Crippen molar-refractivity contribution < 1.29 is 4.79 Å². The first-order valence-electron chi connectivity index (χ1n) is 15.4. The largest absolute Gasteiger partial charge is 0.350 e. The van der Waals surface area contributed by atoms with E-state index in [1.165, 1.54) is 0 Å². The number of aromatic nitrogens is 6. The third-order valence-corrected chi connectivity index (χ3v) is 8.02. The van der Waals surface area contributed by atoms with Crippen LogP contribution in [0.2, 0.25) is 0 Å². The molecule has 0 unspecified atom stereocenters. The second kappa shape index (κ2) is 13.0. The number of nitrogens with one attached hydrogen (secondary N) is 2. The Morgan fingerprint density at radius 1 is 1.13 bits per heavy atom. The average molecular weight is 608 g/mol. The fourth-order valence-corrected chi connectivity index (χ4v) is 5.49. The molecule has 0 aliphatic carbocycles. The van der Waals surface area contributed by atoms with Gasteiger partial charge in [0.15, 0.2) is 5.65 Å². The molecule has 4 N–H and O–H groups in total. The molecule has 6 rings (SSSR count). The fourth-order valence-electron chi connectivity index (χ4n) is 5.49. The lowest BCUT2D eigenvalue weighted by atomic mass is 10.1. The number of carbonyl (C=O) groups is 1. The number of amides is 1. The zero-order chi connectivity index (χ0) is 31.5. The summed E-state index contributed by atoms with van der Waals surface area (Å²) in [6, 6.07) is 14.1. The van der Waals surface area contributed by atoms with E-state index in [1.807, 2.05) is 78.5 Å². The minimum absolute atomic E-state index is 0.163. The van der Waals surface area contributed by atoms with Gasteiger partial charge in [0, 0.05) is 61.1 Å². The summed E-state index contributed by atoms with van der Waals surface area (Å²) >= 11 is 0. The van der Waals surface area contributed by atoms with E-state index >= 15 is 0 Å². The summed E-state index contributed by atoms with van der Waals surface area (Å²) in [5.41, 5.74) is 11.6. The van der Waals surface area contributed by atoms with Gasteiger partial charge >= 0.3 is 0 Å². The molecule has 4 heterocycles. The normalized spacial score (nSPS) is 14.4. The van der Waals surface area contributed by atoms with Crippen molar-refractivity contribution in [3.63, 3.8) is 0 Å². The predicted octanol–water partition coefficient (Wildman–Crippen LogP) is 4.18. The van der Waals surface area contributed by atoms with Crippen LogP contribution in [0.3, 0.4) is 0 Å². The number of nitrogens with zero attached hydrogens (tertiary/aromatic N) is 8. The van der Waals surface area contributed by atoms with Crippen molar-refractivity contribution in [2.24, 2.45) is 5.73 Å². The van der Waals surface area contributed by atoms with Gasteiger partial charge in [-0.05, 0) is 62.7 Å². The molecule has 1 amide bonds. The molecule has 0 radical (unpaired) electrons. The third kappa shape index (κ3) is 6.81. The van der Waals surface area contributed by atoms with Crippen molar-refractivity contribution in [3.05, 3.63) is 78.1 Å². The first-order chi connectivity index (χ1) is 21.7. The Bertz CT molecular complexity index is 1830. The molecule has 12 heteroatoms. The smallest absolute Gasteiger partial charge is 0.248 e. The quantitative estimate of drug-likeness (QED) is 0.200. The highest BCUT2D eigenvalue weighted by atomic mass is 16.1. The molecule has 0 bridgehead atoms. The number of nitrogens with two attached hydrogens (primary N) is 1. The lowest BCUT2D eigenvalue weighted by Crippen LogP contribution is -2.40. The van der Waals surface area contributed by atoms with Crippen molar-refractivity contribution in [1.29, 1.82) is 0 Å². The van der Waals surface area contributed by atoms with Gasteiger partial charge in [-0.1, -0.05) is 38.1 Å². The molecule has 12 nitrogen and oxygen atoms in total. The van der Waals surface area contributed by atoms with Gasteiger partial charge in [-0.2, -0.15) is 24.7 Å². The Labute approximate surface area is 262 Å². The van der Waals surface area contributed by atoms with E-state index in [-0.39, 0.29) is 17.9 Å². The van der Waals surface area contributed by atoms with Gasteiger partial charge < -0.3 is 26.2 Å². The van der Waals surface area contributed by atoms with Crippen molar-refractivity contribution >= 4 is 40.0 Å². The van der Waals surface area contributed by atoms with Gasteiger partial charge in [-0.15, -0.1) is 0 Å². The summed E-state index contributed by atoms with van der Waals surface area (Å²) in [5.74, 6) is 1.44. The number of anilines is 3. The van der Waals surface area contributed by atoms with Gasteiger partial charge in [-0.25, -0.2) is 4.68 Å². The van der Waals surface area contributed by atoms with Crippen LogP contribution in [-0.4, -0.2) is 79.9 Å². The molecule has 45 heavy (non-hydrogen) atoms. The molecule has 1 saturated heterocycles. The number of carbonyl (C=O) groups excluding carboxylic acids is 1. The first kappa shape index (κ1) is 30.2. The summed E-state index contributed by atoms with van der Waals surface area (Å²) in [6.45, 7) is 7.16. The summed E-state index contributed by atoms with van der Waals surface area (Å²) in [7, 11) is 3.92. The van der Waals surface area contributed by atoms with Gasteiger partial charge in [0.1, 0.15) is 0 Å². The minimum atomic E-state index is -0.163. The lowest BCUT2D eigenvalue weighted by Gasteiger charge is -2.30. The Kier molecular flexibility index (Phi) is 8.76. The molecule has 234 valence electrons. The number of hydrogen-bond acceptors (Lipinski definition) is 9. The summed E-state index contributed by atoms with van der Waals surface area (Å²) < 4.78 is 3.68. The number of piperidine rings is 1. The first-order valence-corrected chi connectivity index (χ1v) is 15.4. The van der Waals surface area contributed by atoms with Crippen LogP contribution in [0, 0.1) is 0 Å². The molecule has 2 aromatic carbocycles. The Morgan fingerprint density at radius 2 is 1.93 bits per heavy atom. The zero-order valence-corrected chi connectivity index (χ0v) is 26.3. The molecular weight excluding hydrogens is 566 g/mol. The predicted molar refractivity (Wildman–Crippen MR) is 179 cm³/mol. The zero-order valence-electron chi connectivity index (χ0n) is 26.3. The Hall–Kier alpha value is -4.81. The van der Waals surface area contributed by atoms with Crippen LogP contribution in [0.15, 0.2) is 67.0 Å². The molecule has 1 aliphatic heterocycles. The van der Waals surface area contributed by atoms with Crippen LogP contribution in [0.4, 0.5) is 17.6 Å². The Balaban J connectivity index is 1.25. The monoisotopic (exact) mass is 607 g/mol. The second-order valence-corrected chi connectivity index (χ2v) is 12.1. The van der Waals surface area contributed by atoms with Crippen LogP contribution in [0.5, 0.6) is 0 Å². The van der Waals surface area contributed by atoms with Gasteiger partial charge in [0.05, 0.1) is 17.4 Å². The molecule has 3 aromatic heterocycles. The summed E-state index contributed by atoms with van der Waals surface area (Å²) in [6.07, 6.45) is 9.09. The Morgan fingerprint density at radius 3 is 2.71 bits per heavy atom. The van der Waals surface area contributed by atoms with E-state index in [4.69, 9.17) is 20.8 Å². The maximum absolute atomic E-state index is 12.4. The molecule has 1 aliphatic rings. The molecule has 5 aromatic rings. The summed E-state index contributed by atoms with van der Waals surface area (Å²) in [5, 5.41) is 16.9. The van der Waals surface area contributed by atoms with Gasteiger partial charge in [0.2, 0.25) is 17.8 Å². The number of fused-ring (bicyclic) bond motifs is 2. The SMILES string of the molecule is CC(C)c1cnn2c(NCc3ccccc3-n3cc4cc(NC(=O)/C=C/CN(C)C)ccc4n3)nc(N3CCC(N)CC3)nc12. The van der Waals surface area contributed by atoms with E-state index in [0.717, 1.165) is 65.0 Å². The minimum Gasteiger partial charge on any atom is -0.350 e.